The first-order valence-corrected chi connectivity index (χ1v) is 9.12. The predicted molar refractivity (Wildman–Crippen MR) is 95.3 cm³/mol. The van der Waals surface area contributed by atoms with Crippen LogP contribution in [-0.2, 0) is 0 Å². The highest BCUT2D eigenvalue weighted by Crippen LogP contribution is 2.38. The Labute approximate surface area is 149 Å². The number of fused-ring (bicyclic) bond motifs is 1. The second kappa shape index (κ2) is 5.70. The van der Waals surface area contributed by atoms with Gasteiger partial charge in [-0.3, -0.25) is 0 Å². The molecule has 1 aliphatic rings. The SMILES string of the molecule is Cc1c(Br)cnc2nc(-c3sc(N4CCC(O)C4)nc3Cl)[nH]c12. The number of hydrogen-bond acceptors (Lipinski definition) is 6. The second-order valence-electron chi connectivity index (χ2n) is 5.52. The first-order valence-electron chi connectivity index (χ1n) is 7.13. The molecule has 3 aromatic rings. The number of aromatic amines is 1. The molecule has 4 rings (SSSR count). The van der Waals surface area contributed by atoms with Crippen molar-refractivity contribution in [2.75, 3.05) is 18.0 Å². The number of β-amino-alcohol motifs (C(OH)–C–C–N with tert-alkyl or cyclic N) is 1. The number of rotatable bonds is 2. The minimum absolute atomic E-state index is 0.295. The summed E-state index contributed by atoms with van der Waals surface area (Å²) >= 11 is 11.3. The van der Waals surface area contributed by atoms with Crippen molar-refractivity contribution in [3.8, 4) is 10.7 Å². The van der Waals surface area contributed by atoms with Gasteiger partial charge in [0.1, 0.15) is 4.88 Å². The van der Waals surface area contributed by atoms with Gasteiger partial charge < -0.3 is 15.0 Å². The maximum absolute atomic E-state index is 9.68. The van der Waals surface area contributed by atoms with E-state index in [1.54, 1.807) is 6.20 Å². The zero-order valence-electron chi connectivity index (χ0n) is 12.2. The van der Waals surface area contributed by atoms with Gasteiger partial charge in [0, 0.05) is 23.8 Å². The van der Waals surface area contributed by atoms with Crippen molar-refractivity contribution in [1.29, 1.82) is 0 Å². The van der Waals surface area contributed by atoms with Crippen molar-refractivity contribution in [2.24, 2.45) is 0 Å². The highest BCUT2D eigenvalue weighted by molar-refractivity contribution is 9.10. The van der Waals surface area contributed by atoms with Crippen molar-refractivity contribution in [3.63, 3.8) is 0 Å². The summed E-state index contributed by atoms with van der Waals surface area (Å²) in [7, 11) is 0. The number of aliphatic hydroxyl groups is 1. The normalized spacial score (nSPS) is 18.3. The van der Waals surface area contributed by atoms with E-state index in [2.05, 4.69) is 35.9 Å². The lowest BCUT2D eigenvalue weighted by Gasteiger charge is -2.12. The van der Waals surface area contributed by atoms with E-state index in [-0.39, 0.29) is 6.10 Å². The third-order valence-electron chi connectivity index (χ3n) is 3.94. The lowest BCUT2D eigenvalue weighted by molar-refractivity contribution is 0.198. The molecule has 4 heterocycles. The molecule has 0 saturated carbocycles. The number of nitrogens with one attached hydrogen (secondary N) is 1. The van der Waals surface area contributed by atoms with Crippen molar-refractivity contribution >= 4 is 55.2 Å². The van der Waals surface area contributed by atoms with Gasteiger partial charge >= 0.3 is 0 Å². The van der Waals surface area contributed by atoms with E-state index < -0.39 is 0 Å². The van der Waals surface area contributed by atoms with Crippen LogP contribution >= 0.6 is 38.9 Å². The topological polar surface area (TPSA) is 77.9 Å². The van der Waals surface area contributed by atoms with Crippen molar-refractivity contribution in [3.05, 3.63) is 21.4 Å². The quantitative estimate of drug-likeness (QED) is 0.672. The molecule has 0 spiro atoms. The third-order valence-corrected chi connectivity index (χ3v) is 6.25. The second-order valence-corrected chi connectivity index (χ2v) is 7.71. The van der Waals surface area contributed by atoms with Gasteiger partial charge in [-0.05, 0) is 34.8 Å². The number of hydrogen-bond donors (Lipinski definition) is 2. The summed E-state index contributed by atoms with van der Waals surface area (Å²) in [6.07, 6.45) is 2.21. The molecular weight excluding hydrogens is 402 g/mol. The Bertz CT molecular complexity index is 895. The molecule has 0 amide bonds. The number of nitrogens with zero attached hydrogens (tertiary/aromatic N) is 4. The van der Waals surface area contributed by atoms with Crippen LogP contribution in [0.2, 0.25) is 5.15 Å². The number of aromatic nitrogens is 4. The van der Waals surface area contributed by atoms with Crippen LogP contribution in [0.1, 0.15) is 12.0 Å². The fourth-order valence-corrected chi connectivity index (χ4v) is 4.22. The monoisotopic (exact) mass is 413 g/mol. The lowest BCUT2D eigenvalue weighted by atomic mass is 10.3. The Morgan fingerprint density at radius 3 is 3.04 bits per heavy atom. The van der Waals surface area contributed by atoms with Crippen LogP contribution in [0.25, 0.3) is 21.9 Å². The number of imidazole rings is 1. The summed E-state index contributed by atoms with van der Waals surface area (Å²) < 4.78 is 0.933. The molecule has 1 atom stereocenters. The molecule has 9 heteroatoms. The standard InChI is InChI=1S/C14H13BrClN5OS/c1-6-8(15)4-17-12-9(6)18-13(20-12)10-11(16)19-14(23-10)21-3-2-7(22)5-21/h4,7,22H,2-3,5H2,1H3,(H,17,18,20). The summed E-state index contributed by atoms with van der Waals surface area (Å²) in [5.74, 6) is 0.669. The van der Waals surface area contributed by atoms with Gasteiger partial charge in [-0.2, -0.15) is 0 Å². The summed E-state index contributed by atoms with van der Waals surface area (Å²) in [5, 5.41) is 10.9. The molecule has 120 valence electrons. The lowest BCUT2D eigenvalue weighted by Crippen LogP contribution is -2.20. The Hall–Kier alpha value is -1.22. The fraction of sp³-hybridized carbons (Fsp3) is 0.357. The number of pyridine rings is 1. The Morgan fingerprint density at radius 2 is 2.30 bits per heavy atom. The molecule has 0 aliphatic carbocycles. The largest absolute Gasteiger partial charge is 0.391 e. The van der Waals surface area contributed by atoms with Crippen LogP contribution in [0.3, 0.4) is 0 Å². The van der Waals surface area contributed by atoms with E-state index in [0.717, 1.165) is 38.5 Å². The first-order chi connectivity index (χ1) is 11.0. The van der Waals surface area contributed by atoms with E-state index in [1.165, 1.54) is 11.3 Å². The summed E-state index contributed by atoms with van der Waals surface area (Å²) in [4.78, 5) is 19.4. The summed E-state index contributed by atoms with van der Waals surface area (Å²) in [5.41, 5.74) is 2.59. The molecule has 23 heavy (non-hydrogen) atoms. The molecule has 1 fully saturated rings. The van der Waals surface area contributed by atoms with Crippen LogP contribution in [-0.4, -0.2) is 44.2 Å². The highest BCUT2D eigenvalue weighted by Gasteiger charge is 2.25. The first kappa shape index (κ1) is 15.3. The van der Waals surface area contributed by atoms with Crippen molar-refractivity contribution < 1.29 is 5.11 Å². The maximum atomic E-state index is 9.68. The van der Waals surface area contributed by atoms with Crippen LogP contribution in [0.5, 0.6) is 0 Å². The number of anilines is 1. The number of aryl methyl sites for hydroxylation is 1. The van der Waals surface area contributed by atoms with E-state index in [0.29, 0.717) is 23.2 Å². The Morgan fingerprint density at radius 1 is 1.48 bits per heavy atom. The summed E-state index contributed by atoms with van der Waals surface area (Å²) in [6, 6.07) is 0. The molecule has 3 aromatic heterocycles. The average molecular weight is 415 g/mol. The predicted octanol–water partition coefficient (Wildman–Crippen LogP) is 3.38. The average Bonchev–Trinajstić information content (AvgIpc) is 3.21. The van der Waals surface area contributed by atoms with Gasteiger partial charge in [0.2, 0.25) is 0 Å². The smallest absolute Gasteiger partial charge is 0.187 e. The van der Waals surface area contributed by atoms with Gasteiger partial charge in [-0.15, -0.1) is 0 Å². The van der Waals surface area contributed by atoms with E-state index in [4.69, 9.17) is 11.6 Å². The molecule has 1 aliphatic heterocycles. The van der Waals surface area contributed by atoms with Gasteiger partial charge in [0.15, 0.2) is 21.8 Å². The summed E-state index contributed by atoms with van der Waals surface area (Å²) in [6.45, 7) is 3.39. The molecule has 2 N–H and O–H groups in total. The minimum Gasteiger partial charge on any atom is -0.391 e. The van der Waals surface area contributed by atoms with Crippen LogP contribution < -0.4 is 4.90 Å². The molecular formula is C14H13BrClN5OS. The Kier molecular flexibility index (Phi) is 3.79. The van der Waals surface area contributed by atoms with Crippen LogP contribution in [0.4, 0.5) is 5.13 Å². The molecule has 6 nitrogen and oxygen atoms in total. The van der Waals surface area contributed by atoms with Gasteiger partial charge in [-0.25, -0.2) is 15.0 Å². The maximum Gasteiger partial charge on any atom is 0.187 e. The van der Waals surface area contributed by atoms with Crippen LogP contribution in [0, 0.1) is 6.92 Å². The fourth-order valence-electron chi connectivity index (χ4n) is 2.65. The number of thiazole rings is 1. The van der Waals surface area contributed by atoms with E-state index in [1.807, 2.05) is 11.8 Å². The molecule has 1 unspecified atom stereocenters. The molecule has 0 radical (unpaired) electrons. The number of aliphatic hydroxyl groups excluding tert-OH is 1. The Balaban J connectivity index is 1.76. The van der Waals surface area contributed by atoms with Crippen molar-refractivity contribution in [1.82, 2.24) is 19.9 Å². The van der Waals surface area contributed by atoms with Gasteiger partial charge in [0.05, 0.1) is 11.6 Å². The van der Waals surface area contributed by atoms with Gasteiger partial charge in [0.25, 0.3) is 0 Å². The zero-order valence-corrected chi connectivity index (χ0v) is 15.3. The van der Waals surface area contributed by atoms with Crippen molar-refractivity contribution in [2.45, 2.75) is 19.4 Å². The minimum atomic E-state index is -0.295. The highest BCUT2D eigenvalue weighted by atomic mass is 79.9. The molecule has 1 saturated heterocycles. The number of H-pyrrole nitrogens is 1. The number of halogens is 2. The van der Waals surface area contributed by atoms with E-state index in [9.17, 15) is 5.11 Å². The van der Waals surface area contributed by atoms with Gasteiger partial charge in [-0.1, -0.05) is 22.9 Å². The van der Waals surface area contributed by atoms with E-state index >= 15 is 0 Å². The molecule has 0 bridgehead atoms. The molecule has 0 aromatic carbocycles. The van der Waals surface area contributed by atoms with Crippen LogP contribution in [0.15, 0.2) is 10.7 Å². The zero-order chi connectivity index (χ0) is 16.1. The third kappa shape index (κ3) is 2.63.